The first kappa shape index (κ1) is 14.0. The van der Waals surface area contributed by atoms with Gasteiger partial charge in [-0.05, 0) is 36.8 Å². The van der Waals surface area contributed by atoms with Crippen LogP contribution in [0.25, 0.3) is 0 Å². The highest BCUT2D eigenvalue weighted by Gasteiger charge is 2.30. The lowest BCUT2D eigenvalue weighted by molar-refractivity contribution is 0.270. The smallest absolute Gasteiger partial charge is 0.241 e. The van der Waals surface area contributed by atoms with E-state index in [0.717, 1.165) is 24.3 Å². The summed E-state index contributed by atoms with van der Waals surface area (Å²) in [5.74, 6) is 0.640. The molecule has 0 aromatic carbocycles. The highest BCUT2D eigenvalue weighted by molar-refractivity contribution is 7.89. The third-order valence-electron chi connectivity index (χ3n) is 3.23. The van der Waals surface area contributed by atoms with Crippen molar-refractivity contribution in [3.05, 3.63) is 16.3 Å². The first-order chi connectivity index (χ1) is 8.53. The zero-order valence-corrected chi connectivity index (χ0v) is 12.4. The second-order valence-corrected chi connectivity index (χ2v) is 7.57. The monoisotopic (exact) mass is 288 g/mol. The number of sulfonamides is 1. The average Bonchev–Trinajstić information content (AvgIpc) is 2.72. The molecule has 1 aromatic rings. The van der Waals surface area contributed by atoms with Crippen molar-refractivity contribution in [3.8, 4) is 0 Å². The Balaban J connectivity index is 2.07. The van der Waals surface area contributed by atoms with Crippen LogP contribution in [0.15, 0.2) is 16.3 Å². The maximum absolute atomic E-state index is 12.3. The van der Waals surface area contributed by atoms with E-state index in [4.69, 9.17) is 0 Å². The first-order valence-corrected chi connectivity index (χ1v) is 8.68. The topological polar surface area (TPSA) is 58.2 Å². The molecule has 1 aliphatic carbocycles. The van der Waals surface area contributed by atoms with E-state index < -0.39 is 10.0 Å². The van der Waals surface area contributed by atoms with Crippen LogP contribution >= 0.6 is 11.3 Å². The maximum Gasteiger partial charge on any atom is 0.241 e. The van der Waals surface area contributed by atoms with E-state index in [2.05, 4.69) is 17.0 Å². The van der Waals surface area contributed by atoms with E-state index in [-0.39, 0.29) is 6.04 Å². The van der Waals surface area contributed by atoms with E-state index in [0.29, 0.717) is 17.4 Å². The molecule has 0 unspecified atom stereocenters. The highest BCUT2D eigenvalue weighted by atomic mass is 32.2. The van der Waals surface area contributed by atoms with Crippen LogP contribution in [0.4, 0.5) is 0 Å². The predicted octanol–water partition coefficient (Wildman–Crippen LogP) is 1.93. The summed E-state index contributed by atoms with van der Waals surface area (Å²) in [5.41, 5.74) is 0. The first-order valence-electron chi connectivity index (χ1n) is 6.32. The molecule has 0 radical (unpaired) electrons. The Hall–Kier alpha value is -0.430. The summed E-state index contributed by atoms with van der Waals surface area (Å²) in [6.07, 6.45) is 1.90. The zero-order chi connectivity index (χ0) is 13.2. The fourth-order valence-electron chi connectivity index (χ4n) is 2.22. The summed E-state index contributed by atoms with van der Waals surface area (Å²) in [4.78, 5) is 1.32. The third kappa shape index (κ3) is 3.12. The number of hydrogen-bond donors (Lipinski definition) is 2. The van der Waals surface area contributed by atoms with Crippen molar-refractivity contribution in [1.82, 2.24) is 10.0 Å². The van der Waals surface area contributed by atoms with Crippen LogP contribution in [-0.2, 0) is 16.6 Å². The lowest BCUT2D eigenvalue weighted by Gasteiger charge is -2.32. The Bertz CT molecular complexity index is 490. The van der Waals surface area contributed by atoms with Gasteiger partial charge in [-0.3, -0.25) is 0 Å². The van der Waals surface area contributed by atoms with Gasteiger partial charge in [0, 0.05) is 17.5 Å². The molecule has 2 N–H and O–H groups in total. The molecule has 18 heavy (non-hydrogen) atoms. The summed E-state index contributed by atoms with van der Waals surface area (Å²) in [6, 6.07) is 1.82. The van der Waals surface area contributed by atoms with Crippen molar-refractivity contribution in [2.45, 2.75) is 44.2 Å². The molecule has 1 heterocycles. The fraction of sp³-hybridized carbons (Fsp3) is 0.667. The highest BCUT2D eigenvalue weighted by Crippen LogP contribution is 2.29. The van der Waals surface area contributed by atoms with Gasteiger partial charge in [-0.15, -0.1) is 11.3 Å². The molecule has 102 valence electrons. The van der Waals surface area contributed by atoms with Crippen LogP contribution in [0.5, 0.6) is 0 Å². The number of thiophene rings is 1. The van der Waals surface area contributed by atoms with Gasteiger partial charge >= 0.3 is 0 Å². The van der Waals surface area contributed by atoms with Crippen LogP contribution in [0.1, 0.15) is 31.6 Å². The van der Waals surface area contributed by atoms with Gasteiger partial charge in [0.15, 0.2) is 0 Å². The Morgan fingerprint density at radius 2 is 2.17 bits per heavy atom. The molecule has 0 amide bonds. The van der Waals surface area contributed by atoms with Gasteiger partial charge in [0.05, 0.1) is 4.90 Å². The SMILES string of the molecule is CCNCc1sccc1S(=O)(=O)NC1CC(C)C1. The van der Waals surface area contributed by atoms with Crippen LogP contribution in [0.2, 0.25) is 0 Å². The number of rotatable bonds is 6. The van der Waals surface area contributed by atoms with Crippen LogP contribution < -0.4 is 10.0 Å². The fourth-order valence-corrected chi connectivity index (χ4v) is 4.89. The average molecular weight is 288 g/mol. The Morgan fingerprint density at radius 3 is 2.78 bits per heavy atom. The minimum Gasteiger partial charge on any atom is -0.312 e. The number of nitrogens with one attached hydrogen (secondary N) is 2. The van der Waals surface area contributed by atoms with Crippen LogP contribution in [0.3, 0.4) is 0 Å². The number of hydrogen-bond acceptors (Lipinski definition) is 4. The molecule has 1 saturated carbocycles. The van der Waals surface area contributed by atoms with Gasteiger partial charge < -0.3 is 5.32 Å². The summed E-state index contributed by atoms with van der Waals surface area (Å²) >= 11 is 1.49. The lowest BCUT2D eigenvalue weighted by Crippen LogP contribution is -2.43. The Kier molecular flexibility index (Phi) is 4.42. The van der Waals surface area contributed by atoms with Crippen LogP contribution in [-0.4, -0.2) is 21.0 Å². The van der Waals surface area contributed by atoms with Gasteiger partial charge in [-0.25, -0.2) is 13.1 Å². The van der Waals surface area contributed by atoms with E-state index in [1.54, 1.807) is 6.07 Å². The zero-order valence-electron chi connectivity index (χ0n) is 10.8. The second kappa shape index (κ2) is 5.69. The summed E-state index contributed by atoms with van der Waals surface area (Å²) in [6.45, 7) is 5.61. The van der Waals surface area contributed by atoms with E-state index >= 15 is 0 Å². The van der Waals surface area contributed by atoms with Crippen molar-refractivity contribution in [2.24, 2.45) is 5.92 Å². The molecule has 0 atom stereocenters. The molecule has 0 aliphatic heterocycles. The molecule has 1 fully saturated rings. The van der Waals surface area contributed by atoms with Crippen molar-refractivity contribution >= 4 is 21.4 Å². The van der Waals surface area contributed by atoms with Crippen molar-refractivity contribution in [3.63, 3.8) is 0 Å². The summed E-state index contributed by atoms with van der Waals surface area (Å²) < 4.78 is 27.3. The molecule has 2 rings (SSSR count). The molecule has 6 heteroatoms. The van der Waals surface area contributed by atoms with Gasteiger partial charge in [0.2, 0.25) is 10.0 Å². The van der Waals surface area contributed by atoms with E-state index in [1.807, 2.05) is 12.3 Å². The normalized spacial score (nSPS) is 23.9. The van der Waals surface area contributed by atoms with Crippen molar-refractivity contribution in [1.29, 1.82) is 0 Å². The summed E-state index contributed by atoms with van der Waals surface area (Å²) in [7, 11) is -3.34. The Morgan fingerprint density at radius 1 is 1.44 bits per heavy atom. The van der Waals surface area contributed by atoms with Crippen molar-refractivity contribution in [2.75, 3.05) is 6.54 Å². The quantitative estimate of drug-likeness (QED) is 0.841. The Labute approximate surface area is 113 Å². The molecule has 1 aromatic heterocycles. The molecule has 0 spiro atoms. The van der Waals surface area contributed by atoms with Gasteiger partial charge in [-0.2, -0.15) is 0 Å². The van der Waals surface area contributed by atoms with Gasteiger partial charge in [0.25, 0.3) is 0 Å². The summed E-state index contributed by atoms with van der Waals surface area (Å²) in [5, 5.41) is 5.01. The van der Waals surface area contributed by atoms with Gasteiger partial charge in [0.1, 0.15) is 0 Å². The lowest BCUT2D eigenvalue weighted by atomic mass is 9.83. The standard InChI is InChI=1S/C12H20N2O2S2/c1-3-13-8-11-12(4-5-17-11)18(15,16)14-10-6-9(2)7-10/h4-5,9-10,13-14H,3,6-8H2,1-2H3. The molecular formula is C12H20N2O2S2. The van der Waals surface area contributed by atoms with Gasteiger partial charge in [-0.1, -0.05) is 13.8 Å². The molecule has 0 bridgehead atoms. The van der Waals surface area contributed by atoms with E-state index in [9.17, 15) is 8.42 Å². The van der Waals surface area contributed by atoms with Crippen LogP contribution in [0, 0.1) is 5.92 Å². The molecule has 0 saturated heterocycles. The molecular weight excluding hydrogens is 268 g/mol. The minimum absolute atomic E-state index is 0.122. The molecule has 1 aliphatic rings. The predicted molar refractivity (Wildman–Crippen MR) is 74.2 cm³/mol. The van der Waals surface area contributed by atoms with E-state index in [1.165, 1.54) is 11.3 Å². The third-order valence-corrected chi connectivity index (χ3v) is 5.88. The minimum atomic E-state index is -3.34. The second-order valence-electron chi connectivity index (χ2n) is 4.88. The van der Waals surface area contributed by atoms with Crippen molar-refractivity contribution < 1.29 is 8.42 Å². The largest absolute Gasteiger partial charge is 0.312 e. The maximum atomic E-state index is 12.3. The molecule has 4 nitrogen and oxygen atoms in total.